The van der Waals surface area contributed by atoms with Gasteiger partial charge in [-0.05, 0) is 55.3 Å². The first kappa shape index (κ1) is 13.6. The van der Waals surface area contributed by atoms with Crippen molar-refractivity contribution in [2.75, 3.05) is 11.1 Å². The number of aryl methyl sites for hydroxylation is 2. The van der Waals surface area contributed by atoms with Crippen LogP contribution in [0.15, 0.2) is 40.9 Å². The second kappa shape index (κ2) is 5.45. The van der Waals surface area contributed by atoms with E-state index < -0.39 is 0 Å². The van der Waals surface area contributed by atoms with E-state index in [0.717, 1.165) is 15.6 Å². The van der Waals surface area contributed by atoms with Gasteiger partial charge in [-0.15, -0.1) is 0 Å². The summed E-state index contributed by atoms with van der Waals surface area (Å²) < 4.78 is 0.985. The highest BCUT2D eigenvalue weighted by atomic mass is 79.9. The summed E-state index contributed by atoms with van der Waals surface area (Å²) in [6.07, 6.45) is 0. The standard InChI is InChI=1S/C15H15BrN2O/c1-9-3-6-14(13(17)7-9)18-15(19)11-4-5-12(16)10(2)8-11/h3-8H,17H2,1-2H3,(H,18,19). The lowest BCUT2D eigenvalue weighted by Crippen LogP contribution is -2.13. The zero-order valence-electron chi connectivity index (χ0n) is 10.8. The van der Waals surface area contributed by atoms with Crippen molar-refractivity contribution in [1.29, 1.82) is 0 Å². The Morgan fingerprint density at radius 1 is 1.16 bits per heavy atom. The molecule has 1 amide bonds. The highest BCUT2D eigenvalue weighted by molar-refractivity contribution is 9.10. The number of hydrogen-bond acceptors (Lipinski definition) is 2. The minimum absolute atomic E-state index is 0.161. The fraction of sp³-hybridized carbons (Fsp3) is 0.133. The Morgan fingerprint density at radius 3 is 2.53 bits per heavy atom. The number of rotatable bonds is 2. The van der Waals surface area contributed by atoms with E-state index in [9.17, 15) is 4.79 Å². The van der Waals surface area contributed by atoms with Gasteiger partial charge in [0.25, 0.3) is 5.91 Å². The van der Waals surface area contributed by atoms with Gasteiger partial charge in [-0.3, -0.25) is 4.79 Å². The Morgan fingerprint density at radius 2 is 1.89 bits per heavy atom. The fourth-order valence-electron chi connectivity index (χ4n) is 1.78. The Balaban J connectivity index is 2.23. The first-order valence-electron chi connectivity index (χ1n) is 5.91. The molecule has 0 heterocycles. The van der Waals surface area contributed by atoms with Crippen LogP contribution < -0.4 is 11.1 Å². The molecule has 0 saturated heterocycles. The summed E-state index contributed by atoms with van der Waals surface area (Å²) in [5.41, 5.74) is 9.78. The number of nitrogens with one attached hydrogen (secondary N) is 1. The maximum Gasteiger partial charge on any atom is 0.255 e. The summed E-state index contributed by atoms with van der Waals surface area (Å²) in [6.45, 7) is 3.90. The zero-order valence-corrected chi connectivity index (χ0v) is 12.4. The van der Waals surface area contributed by atoms with E-state index in [2.05, 4.69) is 21.2 Å². The third-order valence-electron chi connectivity index (χ3n) is 2.88. The van der Waals surface area contributed by atoms with Crippen molar-refractivity contribution in [2.24, 2.45) is 0 Å². The van der Waals surface area contributed by atoms with Crippen LogP contribution in [0.5, 0.6) is 0 Å². The predicted molar refractivity (Wildman–Crippen MR) is 82.4 cm³/mol. The summed E-state index contributed by atoms with van der Waals surface area (Å²) in [6, 6.07) is 11.0. The summed E-state index contributed by atoms with van der Waals surface area (Å²) in [5, 5.41) is 2.82. The van der Waals surface area contributed by atoms with Gasteiger partial charge in [-0.1, -0.05) is 22.0 Å². The summed E-state index contributed by atoms with van der Waals surface area (Å²) in [5.74, 6) is -0.161. The lowest BCUT2D eigenvalue weighted by Gasteiger charge is -2.09. The quantitative estimate of drug-likeness (QED) is 0.825. The predicted octanol–water partition coefficient (Wildman–Crippen LogP) is 3.90. The van der Waals surface area contributed by atoms with Crippen LogP contribution in [0.2, 0.25) is 0 Å². The molecular weight excluding hydrogens is 304 g/mol. The monoisotopic (exact) mass is 318 g/mol. The average molecular weight is 319 g/mol. The van der Waals surface area contributed by atoms with Crippen LogP contribution in [0.1, 0.15) is 21.5 Å². The highest BCUT2D eigenvalue weighted by Crippen LogP contribution is 2.22. The van der Waals surface area contributed by atoms with Gasteiger partial charge in [0, 0.05) is 10.0 Å². The van der Waals surface area contributed by atoms with Crippen LogP contribution in [0.3, 0.4) is 0 Å². The lowest BCUT2D eigenvalue weighted by atomic mass is 10.1. The molecule has 0 aliphatic rings. The van der Waals surface area contributed by atoms with E-state index in [1.165, 1.54) is 0 Å². The average Bonchev–Trinajstić information content (AvgIpc) is 2.36. The smallest absolute Gasteiger partial charge is 0.255 e. The SMILES string of the molecule is Cc1ccc(NC(=O)c2ccc(Br)c(C)c2)c(N)c1. The van der Waals surface area contributed by atoms with Gasteiger partial charge in [-0.25, -0.2) is 0 Å². The van der Waals surface area contributed by atoms with E-state index in [-0.39, 0.29) is 5.91 Å². The fourth-order valence-corrected chi connectivity index (χ4v) is 2.02. The number of nitrogen functional groups attached to an aromatic ring is 1. The molecule has 0 aliphatic heterocycles. The summed E-state index contributed by atoms with van der Waals surface area (Å²) in [4.78, 5) is 12.1. The second-order valence-corrected chi connectivity index (χ2v) is 5.36. The largest absolute Gasteiger partial charge is 0.397 e. The van der Waals surface area contributed by atoms with E-state index in [4.69, 9.17) is 5.73 Å². The van der Waals surface area contributed by atoms with Crippen molar-refractivity contribution in [3.05, 3.63) is 57.6 Å². The maximum absolute atomic E-state index is 12.1. The number of hydrogen-bond donors (Lipinski definition) is 2. The Hall–Kier alpha value is -1.81. The van der Waals surface area contributed by atoms with Gasteiger partial charge in [0.1, 0.15) is 0 Å². The van der Waals surface area contributed by atoms with Crippen molar-refractivity contribution in [2.45, 2.75) is 13.8 Å². The number of carbonyl (C=O) groups excluding carboxylic acids is 1. The van der Waals surface area contributed by atoms with Crippen LogP contribution in [0.25, 0.3) is 0 Å². The molecule has 0 unspecified atom stereocenters. The Kier molecular flexibility index (Phi) is 3.90. The molecule has 2 rings (SSSR count). The molecule has 0 radical (unpaired) electrons. The molecule has 0 aliphatic carbocycles. The van der Waals surface area contributed by atoms with Crippen molar-refractivity contribution < 1.29 is 4.79 Å². The Bertz CT molecular complexity index is 638. The molecule has 19 heavy (non-hydrogen) atoms. The van der Waals surface area contributed by atoms with E-state index in [1.807, 2.05) is 44.2 Å². The lowest BCUT2D eigenvalue weighted by molar-refractivity contribution is 0.102. The highest BCUT2D eigenvalue weighted by Gasteiger charge is 2.09. The molecule has 0 bridgehead atoms. The number of carbonyl (C=O) groups is 1. The van der Waals surface area contributed by atoms with Gasteiger partial charge in [0.05, 0.1) is 11.4 Å². The zero-order chi connectivity index (χ0) is 14.0. The molecule has 0 saturated carbocycles. The number of anilines is 2. The molecular formula is C15H15BrN2O. The molecule has 0 atom stereocenters. The summed E-state index contributed by atoms with van der Waals surface area (Å²) in [7, 11) is 0. The minimum Gasteiger partial charge on any atom is -0.397 e. The second-order valence-electron chi connectivity index (χ2n) is 4.51. The normalized spacial score (nSPS) is 10.3. The van der Waals surface area contributed by atoms with Gasteiger partial charge < -0.3 is 11.1 Å². The van der Waals surface area contributed by atoms with Crippen LogP contribution in [0.4, 0.5) is 11.4 Å². The van der Waals surface area contributed by atoms with Crippen LogP contribution in [-0.4, -0.2) is 5.91 Å². The third kappa shape index (κ3) is 3.15. The molecule has 98 valence electrons. The van der Waals surface area contributed by atoms with E-state index in [1.54, 1.807) is 6.07 Å². The van der Waals surface area contributed by atoms with Crippen LogP contribution in [-0.2, 0) is 0 Å². The maximum atomic E-state index is 12.1. The molecule has 0 spiro atoms. The van der Waals surface area contributed by atoms with Gasteiger partial charge in [0.2, 0.25) is 0 Å². The number of nitrogens with two attached hydrogens (primary N) is 1. The molecule has 2 aromatic rings. The minimum atomic E-state index is -0.161. The molecule has 0 aromatic heterocycles. The molecule has 3 nitrogen and oxygen atoms in total. The first-order valence-corrected chi connectivity index (χ1v) is 6.70. The van der Waals surface area contributed by atoms with E-state index in [0.29, 0.717) is 16.9 Å². The molecule has 3 N–H and O–H groups in total. The van der Waals surface area contributed by atoms with Crippen LogP contribution >= 0.6 is 15.9 Å². The number of halogens is 1. The first-order chi connectivity index (χ1) is 8.97. The van der Waals surface area contributed by atoms with Crippen molar-refractivity contribution >= 4 is 33.2 Å². The Labute approximate surface area is 121 Å². The molecule has 2 aromatic carbocycles. The van der Waals surface area contributed by atoms with Crippen molar-refractivity contribution in [3.63, 3.8) is 0 Å². The van der Waals surface area contributed by atoms with E-state index >= 15 is 0 Å². The third-order valence-corrected chi connectivity index (χ3v) is 3.77. The van der Waals surface area contributed by atoms with Crippen LogP contribution in [0, 0.1) is 13.8 Å². The summed E-state index contributed by atoms with van der Waals surface area (Å²) >= 11 is 3.41. The molecule has 4 heteroatoms. The van der Waals surface area contributed by atoms with Gasteiger partial charge >= 0.3 is 0 Å². The van der Waals surface area contributed by atoms with Crippen molar-refractivity contribution in [3.8, 4) is 0 Å². The molecule has 0 fully saturated rings. The van der Waals surface area contributed by atoms with Gasteiger partial charge in [0.15, 0.2) is 0 Å². The number of amides is 1. The topological polar surface area (TPSA) is 55.1 Å². The van der Waals surface area contributed by atoms with Gasteiger partial charge in [-0.2, -0.15) is 0 Å². The van der Waals surface area contributed by atoms with Crippen molar-refractivity contribution in [1.82, 2.24) is 0 Å². The number of benzene rings is 2.